The Hall–Kier alpha value is -1.29. The number of nitrogens with one attached hydrogen (secondary N) is 2. The van der Waals surface area contributed by atoms with Crippen LogP contribution in [0, 0.1) is 11.7 Å². The lowest BCUT2D eigenvalue weighted by atomic mass is 9.84. The summed E-state index contributed by atoms with van der Waals surface area (Å²) in [5.74, 6) is 0.178. The zero-order valence-corrected chi connectivity index (χ0v) is 21.4. The first-order valence-electron chi connectivity index (χ1n) is 12.2. The molecule has 5 nitrogen and oxygen atoms in total. The summed E-state index contributed by atoms with van der Waals surface area (Å²) in [7, 11) is 0. The average molecular weight is 543 g/mol. The second kappa shape index (κ2) is 13.3. The van der Waals surface area contributed by atoms with Crippen LogP contribution in [0.15, 0.2) is 18.2 Å². The van der Waals surface area contributed by atoms with Gasteiger partial charge in [-0.15, -0.1) is 24.8 Å². The van der Waals surface area contributed by atoms with Crippen LogP contribution >= 0.6 is 24.8 Å². The van der Waals surface area contributed by atoms with Crippen molar-refractivity contribution in [2.45, 2.75) is 63.2 Å². The molecule has 35 heavy (non-hydrogen) atoms. The third-order valence-corrected chi connectivity index (χ3v) is 7.41. The summed E-state index contributed by atoms with van der Waals surface area (Å²) < 4.78 is 53.1. The van der Waals surface area contributed by atoms with E-state index < -0.39 is 17.6 Å². The van der Waals surface area contributed by atoms with E-state index in [0.29, 0.717) is 19.0 Å². The summed E-state index contributed by atoms with van der Waals surface area (Å²) in [5, 5.41) is 6.45. The maximum absolute atomic E-state index is 14.2. The van der Waals surface area contributed by atoms with Crippen molar-refractivity contribution in [2.24, 2.45) is 5.92 Å². The smallest absolute Gasteiger partial charge is 0.367 e. The Bertz CT molecular complexity index is 807. The third kappa shape index (κ3) is 8.10. The number of benzene rings is 1. The van der Waals surface area contributed by atoms with Crippen LogP contribution in [0.3, 0.4) is 0 Å². The highest BCUT2D eigenvalue weighted by molar-refractivity contribution is 5.85. The van der Waals surface area contributed by atoms with Gasteiger partial charge in [-0.05, 0) is 82.2 Å². The van der Waals surface area contributed by atoms with E-state index in [2.05, 4.69) is 15.5 Å². The van der Waals surface area contributed by atoms with Crippen LogP contribution in [0.2, 0.25) is 0 Å². The Labute approximate surface area is 217 Å². The van der Waals surface area contributed by atoms with E-state index in [0.717, 1.165) is 89.3 Å². The number of carbonyl (C=O) groups excluding carboxylic acids is 1. The van der Waals surface area contributed by atoms with Gasteiger partial charge in [0.1, 0.15) is 5.82 Å². The Morgan fingerprint density at radius 1 is 1.03 bits per heavy atom. The molecular formula is C24H36Cl2F4N4O. The summed E-state index contributed by atoms with van der Waals surface area (Å²) >= 11 is 0. The van der Waals surface area contributed by atoms with Crippen LogP contribution in [0.25, 0.3) is 0 Å². The quantitative estimate of drug-likeness (QED) is 0.514. The van der Waals surface area contributed by atoms with Crippen LogP contribution < -0.4 is 15.5 Å². The van der Waals surface area contributed by atoms with E-state index in [-0.39, 0.29) is 48.5 Å². The number of anilines is 1. The Kier molecular flexibility index (Phi) is 11.4. The average Bonchev–Trinajstić information content (AvgIpc) is 3.34. The van der Waals surface area contributed by atoms with Gasteiger partial charge in [-0.3, -0.25) is 9.69 Å². The molecule has 1 aliphatic carbocycles. The highest BCUT2D eigenvalue weighted by Crippen LogP contribution is 2.33. The number of hydrogen-bond donors (Lipinski definition) is 2. The lowest BCUT2D eigenvalue weighted by molar-refractivity contribution is -0.137. The van der Waals surface area contributed by atoms with Crippen molar-refractivity contribution < 1.29 is 22.4 Å². The van der Waals surface area contributed by atoms with Crippen molar-refractivity contribution >= 4 is 36.4 Å². The van der Waals surface area contributed by atoms with E-state index in [1.807, 2.05) is 0 Å². The van der Waals surface area contributed by atoms with Gasteiger partial charge in [-0.2, -0.15) is 13.2 Å². The Morgan fingerprint density at radius 2 is 1.71 bits per heavy atom. The SMILES string of the molecule is Cl.Cl.O=C(NC1CCC(CCN2CCN(c3cc(C(F)(F)F)ccc3F)CC2)CC1)[C@@H]1CCCN1. The summed E-state index contributed by atoms with van der Waals surface area (Å²) in [6.07, 6.45) is 2.86. The molecule has 0 unspecified atom stereocenters. The molecule has 0 radical (unpaired) electrons. The van der Waals surface area contributed by atoms with Gasteiger partial charge in [0.05, 0.1) is 17.3 Å². The lowest BCUT2D eigenvalue weighted by Crippen LogP contribution is -2.47. The predicted molar refractivity (Wildman–Crippen MR) is 134 cm³/mol. The summed E-state index contributed by atoms with van der Waals surface area (Å²) in [6, 6.07) is 2.88. The molecule has 3 fully saturated rings. The zero-order valence-electron chi connectivity index (χ0n) is 19.8. The van der Waals surface area contributed by atoms with Crippen molar-refractivity contribution in [3.05, 3.63) is 29.6 Å². The third-order valence-electron chi connectivity index (χ3n) is 7.41. The van der Waals surface area contributed by atoms with Crippen molar-refractivity contribution in [3.8, 4) is 0 Å². The Balaban J connectivity index is 0.00000216. The number of amides is 1. The van der Waals surface area contributed by atoms with Gasteiger partial charge >= 0.3 is 6.18 Å². The molecule has 11 heteroatoms. The monoisotopic (exact) mass is 542 g/mol. The number of rotatable bonds is 6. The number of carbonyl (C=O) groups is 1. The minimum Gasteiger partial charge on any atom is -0.367 e. The molecule has 1 saturated carbocycles. The molecular weight excluding hydrogens is 507 g/mol. The molecule has 1 atom stereocenters. The van der Waals surface area contributed by atoms with Gasteiger partial charge in [0.25, 0.3) is 0 Å². The van der Waals surface area contributed by atoms with E-state index in [1.165, 1.54) is 0 Å². The fraction of sp³-hybridized carbons (Fsp3) is 0.708. The molecule has 2 heterocycles. The molecule has 1 aromatic carbocycles. The molecule has 0 spiro atoms. The highest BCUT2D eigenvalue weighted by Gasteiger charge is 2.32. The van der Waals surface area contributed by atoms with E-state index in [4.69, 9.17) is 0 Å². The number of halogens is 6. The minimum atomic E-state index is -4.47. The van der Waals surface area contributed by atoms with Crippen LogP contribution in [-0.2, 0) is 11.0 Å². The van der Waals surface area contributed by atoms with Gasteiger partial charge in [-0.25, -0.2) is 4.39 Å². The van der Waals surface area contributed by atoms with Gasteiger partial charge < -0.3 is 15.5 Å². The predicted octanol–water partition coefficient (Wildman–Crippen LogP) is 4.63. The first kappa shape index (κ1) is 29.9. The zero-order chi connectivity index (χ0) is 23.4. The standard InChI is InChI=1S/C24H34F4N4O.2ClH/c25-20-8-5-18(24(26,27)28)16-22(20)32-14-12-31(13-15-32)11-9-17-3-6-19(7-4-17)30-23(33)21-2-1-10-29-21;;/h5,8,16-17,19,21,29H,1-4,6-7,9-15H2,(H,30,33);2*1H/t17?,19?,21-;;/m0../s1. The summed E-state index contributed by atoms with van der Waals surface area (Å²) in [6.45, 7) is 4.35. The van der Waals surface area contributed by atoms with Gasteiger partial charge in [-0.1, -0.05) is 0 Å². The van der Waals surface area contributed by atoms with Gasteiger partial charge in [0.15, 0.2) is 0 Å². The van der Waals surface area contributed by atoms with Crippen molar-refractivity contribution in [1.29, 1.82) is 0 Å². The lowest BCUT2D eigenvalue weighted by Gasteiger charge is -2.37. The van der Waals surface area contributed by atoms with Crippen molar-refractivity contribution in [1.82, 2.24) is 15.5 Å². The van der Waals surface area contributed by atoms with E-state index in [9.17, 15) is 22.4 Å². The van der Waals surface area contributed by atoms with Crippen molar-refractivity contribution in [2.75, 3.05) is 44.2 Å². The fourth-order valence-electron chi connectivity index (χ4n) is 5.31. The number of hydrogen-bond acceptors (Lipinski definition) is 4. The summed E-state index contributed by atoms with van der Waals surface area (Å²) in [4.78, 5) is 16.3. The van der Waals surface area contributed by atoms with Gasteiger partial charge in [0, 0.05) is 32.2 Å². The second-order valence-electron chi connectivity index (χ2n) is 9.66. The first-order chi connectivity index (χ1) is 15.8. The number of nitrogens with zero attached hydrogens (tertiary/aromatic N) is 2. The molecule has 2 aliphatic heterocycles. The topological polar surface area (TPSA) is 47.6 Å². The number of piperazine rings is 1. The minimum absolute atomic E-state index is 0. The van der Waals surface area contributed by atoms with Crippen LogP contribution in [0.4, 0.5) is 23.2 Å². The normalized spacial score (nSPS) is 25.5. The van der Waals surface area contributed by atoms with E-state index >= 15 is 0 Å². The fourth-order valence-corrected chi connectivity index (χ4v) is 5.31. The molecule has 2 N–H and O–H groups in total. The molecule has 3 aliphatic rings. The molecule has 2 saturated heterocycles. The first-order valence-corrected chi connectivity index (χ1v) is 12.2. The second-order valence-corrected chi connectivity index (χ2v) is 9.66. The molecule has 0 aromatic heterocycles. The van der Waals surface area contributed by atoms with Crippen LogP contribution in [0.1, 0.15) is 50.5 Å². The maximum atomic E-state index is 14.2. The molecule has 1 amide bonds. The largest absolute Gasteiger partial charge is 0.416 e. The van der Waals surface area contributed by atoms with Crippen molar-refractivity contribution in [3.63, 3.8) is 0 Å². The number of alkyl halides is 3. The highest BCUT2D eigenvalue weighted by atomic mass is 35.5. The maximum Gasteiger partial charge on any atom is 0.416 e. The van der Waals surface area contributed by atoms with Crippen LogP contribution in [-0.4, -0.2) is 62.2 Å². The molecule has 0 bridgehead atoms. The molecule has 1 aromatic rings. The van der Waals surface area contributed by atoms with Crippen LogP contribution in [0.5, 0.6) is 0 Å². The molecule has 4 rings (SSSR count). The molecule has 200 valence electrons. The van der Waals surface area contributed by atoms with E-state index in [1.54, 1.807) is 4.90 Å². The Morgan fingerprint density at radius 3 is 2.31 bits per heavy atom. The van der Waals surface area contributed by atoms with Gasteiger partial charge in [0.2, 0.25) is 5.91 Å². The summed E-state index contributed by atoms with van der Waals surface area (Å²) in [5.41, 5.74) is -0.773.